The van der Waals surface area contributed by atoms with Crippen LogP contribution in [0.4, 0.5) is 0 Å². The van der Waals surface area contributed by atoms with Crippen molar-refractivity contribution in [1.29, 1.82) is 0 Å². The molecule has 0 aromatic heterocycles. The van der Waals surface area contributed by atoms with E-state index in [2.05, 4.69) is 41.0 Å². The van der Waals surface area contributed by atoms with E-state index in [0.29, 0.717) is 0 Å². The molecule has 0 radical (unpaired) electrons. The second-order valence-electron chi connectivity index (χ2n) is 6.17. The quantitative estimate of drug-likeness (QED) is 0.340. The SMILES string of the molecule is CCCN(CC)CCNC(=NC)N(C)CCC1CCOCC1.I. The Bertz CT molecular complexity index is 309. The maximum atomic E-state index is 5.43. The normalized spacial score (nSPS) is 16.3. The minimum atomic E-state index is 0. The minimum Gasteiger partial charge on any atom is -0.381 e. The molecule has 1 heterocycles. The summed E-state index contributed by atoms with van der Waals surface area (Å²) in [5, 5.41) is 3.49. The van der Waals surface area contributed by atoms with Crippen LogP contribution in [-0.4, -0.2) is 75.8 Å². The number of likely N-dealkylation sites (N-methyl/N-ethyl adjacent to an activating group) is 1. The third-order valence-corrected chi connectivity index (χ3v) is 4.49. The molecule has 1 N–H and O–H groups in total. The molecule has 5 nitrogen and oxygen atoms in total. The number of hydrogen-bond donors (Lipinski definition) is 1. The third-order valence-electron chi connectivity index (χ3n) is 4.49. The molecule has 0 spiro atoms. The highest BCUT2D eigenvalue weighted by Gasteiger charge is 2.15. The van der Waals surface area contributed by atoms with Gasteiger partial charge in [-0.25, -0.2) is 0 Å². The predicted molar refractivity (Wildman–Crippen MR) is 110 cm³/mol. The number of nitrogens with one attached hydrogen (secondary N) is 1. The van der Waals surface area contributed by atoms with Gasteiger partial charge in [-0.1, -0.05) is 13.8 Å². The van der Waals surface area contributed by atoms with Crippen molar-refractivity contribution in [2.45, 2.75) is 39.5 Å². The van der Waals surface area contributed by atoms with Gasteiger partial charge < -0.3 is 19.9 Å². The zero-order valence-electron chi connectivity index (χ0n) is 15.5. The Labute approximate surface area is 160 Å². The van der Waals surface area contributed by atoms with Gasteiger partial charge in [0.15, 0.2) is 5.96 Å². The van der Waals surface area contributed by atoms with Crippen LogP contribution in [-0.2, 0) is 4.74 Å². The minimum absolute atomic E-state index is 0. The molecule has 23 heavy (non-hydrogen) atoms. The Balaban J connectivity index is 0.00000484. The molecule has 0 unspecified atom stereocenters. The van der Waals surface area contributed by atoms with Crippen molar-refractivity contribution in [3.63, 3.8) is 0 Å². The van der Waals surface area contributed by atoms with Gasteiger partial charge in [0.05, 0.1) is 0 Å². The molecule has 1 aliphatic rings. The standard InChI is InChI=1S/C17H36N4O.HI/c1-5-11-21(6-2)13-10-19-17(18-3)20(4)12-7-16-8-14-22-15-9-16;/h16H,5-15H2,1-4H3,(H,18,19);1H. The van der Waals surface area contributed by atoms with Gasteiger partial charge in [0.25, 0.3) is 0 Å². The van der Waals surface area contributed by atoms with Crippen LogP contribution in [0.5, 0.6) is 0 Å². The Hall–Kier alpha value is -0.0800. The van der Waals surface area contributed by atoms with Crippen molar-refractivity contribution in [2.75, 3.05) is 60.0 Å². The van der Waals surface area contributed by atoms with Crippen molar-refractivity contribution < 1.29 is 4.74 Å². The number of nitrogens with zero attached hydrogens (tertiary/aromatic N) is 3. The lowest BCUT2D eigenvalue weighted by Gasteiger charge is -2.27. The van der Waals surface area contributed by atoms with Crippen LogP contribution in [0.25, 0.3) is 0 Å². The van der Waals surface area contributed by atoms with Crippen LogP contribution in [0, 0.1) is 5.92 Å². The Kier molecular flexibility index (Phi) is 14.2. The summed E-state index contributed by atoms with van der Waals surface area (Å²) in [7, 11) is 4.01. The molecular weight excluding hydrogens is 403 g/mol. The zero-order valence-corrected chi connectivity index (χ0v) is 17.8. The van der Waals surface area contributed by atoms with Gasteiger partial charge in [-0.05, 0) is 44.7 Å². The van der Waals surface area contributed by atoms with Crippen molar-refractivity contribution in [1.82, 2.24) is 15.1 Å². The molecule has 138 valence electrons. The van der Waals surface area contributed by atoms with Gasteiger partial charge in [0, 0.05) is 46.9 Å². The molecule has 0 atom stereocenters. The maximum absolute atomic E-state index is 5.43. The summed E-state index contributed by atoms with van der Waals surface area (Å²) in [6.45, 7) is 11.7. The topological polar surface area (TPSA) is 40.1 Å². The van der Waals surface area contributed by atoms with E-state index in [1.54, 1.807) is 0 Å². The highest BCUT2D eigenvalue weighted by atomic mass is 127. The summed E-state index contributed by atoms with van der Waals surface area (Å²) in [5.74, 6) is 1.83. The van der Waals surface area contributed by atoms with E-state index in [9.17, 15) is 0 Å². The number of guanidine groups is 1. The molecule has 1 saturated heterocycles. The second-order valence-corrected chi connectivity index (χ2v) is 6.17. The summed E-state index contributed by atoms with van der Waals surface area (Å²) >= 11 is 0. The van der Waals surface area contributed by atoms with Crippen molar-refractivity contribution in [2.24, 2.45) is 10.9 Å². The van der Waals surface area contributed by atoms with E-state index in [0.717, 1.165) is 51.3 Å². The second kappa shape index (κ2) is 14.3. The fraction of sp³-hybridized carbons (Fsp3) is 0.941. The molecule has 0 amide bonds. The molecule has 6 heteroatoms. The summed E-state index contributed by atoms with van der Waals surface area (Å²) in [6.07, 6.45) is 4.87. The van der Waals surface area contributed by atoms with Gasteiger partial charge in [0.1, 0.15) is 0 Å². The molecule has 1 fully saturated rings. The summed E-state index contributed by atoms with van der Waals surface area (Å²) < 4.78 is 5.43. The highest BCUT2D eigenvalue weighted by Crippen LogP contribution is 2.18. The van der Waals surface area contributed by atoms with E-state index in [4.69, 9.17) is 4.74 Å². The first-order valence-electron chi connectivity index (χ1n) is 8.93. The fourth-order valence-electron chi connectivity index (χ4n) is 2.97. The van der Waals surface area contributed by atoms with Gasteiger partial charge >= 0.3 is 0 Å². The van der Waals surface area contributed by atoms with Crippen LogP contribution in [0.15, 0.2) is 4.99 Å². The zero-order chi connectivity index (χ0) is 16.2. The number of ether oxygens (including phenoxy) is 1. The summed E-state index contributed by atoms with van der Waals surface area (Å²) in [4.78, 5) is 9.14. The molecule has 0 aromatic rings. The molecule has 0 bridgehead atoms. The molecular formula is C17H37IN4O. The average Bonchev–Trinajstić information content (AvgIpc) is 2.56. The van der Waals surface area contributed by atoms with Gasteiger partial charge in [-0.2, -0.15) is 0 Å². The number of halogens is 1. The van der Waals surface area contributed by atoms with Crippen molar-refractivity contribution >= 4 is 29.9 Å². The monoisotopic (exact) mass is 440 g/mol. The van der Waals surface area contributed by atoms with E-state index in [1.807, 2.05) is 7.05 Å². The first-order chi connectivity index (χ1) is 10.7. The van der Waals surface area contributed by atoms with Gasteiger partial charge in [-0.15, -0.1) is 24.0 Å². The molecule has 1 rings (SSSR count). The Morgan fingerprint density at radius 1 is 1.17 bits per heavy atom. The fourth-order valence-corrected chi connectivity index (χ4v) is 2.97. The third kappa shape index (κ3) is 9.72. The molecule has 0 aromatic carbocycles. The highest BCUT2D eigenvalue weighted by molar-refractivity contribution is 14.0. The lowest BCUT2D eigenvalue weighted by atomic mass is 9.96. The lowest BCUT2D eigenvalue weighted by molar-refractivity contribution is 0.0625. The van der Waals surface area contributed by atoms with Crippen molar-refractivity contribution in [3.8, 4) is 0 Å². The van der Waals surface area contributed by atoms with Crippen LogP contribution in [0.3, 0.4) is 0 Å². The number of rotatable bonds is 9. The average molecular weight is 440 g/mol. The van der Waals surface area contributed by atoms with E-state index in [1.165, 1.54) is 32.2 Å². The first-order valence-corrected chi connectivity index (χ1v) is 8.93. The van der Waals surface area contributed by atoms with Crippen molar-refractivity contribution in [3.05, 3.63) is 0 Å². The first kappa shape index (κ1) is 22.9. The molecule has 1 aliphatic heterocycles. The summed E-state index contributed by atoms with van der Waals surface area (Å²) in [5.41, 5.74) is 0. The number of hydrogen-bond acceptors (Lipinski definition) is 3. The van der Waals surface area contributed by atoms with Crippen LogP contribution in [0.1, 0.15) is 39.5 Å². The van der Waals surface area contributed by atoms with Gasteiger partial charge in [0.2, 0.25) is 0 Å². The van der Waals surface area contributed by atoms with Crippen LogP contribution < -0.4 is 5.32 Å². The predicted octanol–water partition coefficient (Wildman–Crippen LogP) is 2.66. The van der Waals surface area contributed by atoms with E-state index >= 15 is 0 Å². The Morgan fingerprint density at radius 3 is 2.43 bits per heavy atom. The maximum Gasteiger partial charge on any atom is 0.193 e. The molecule has 0 aliphatic carbocycles. The lowest BCUT2D eigenvalue weighted by Crippen LogP contribution is -2.43. The largest absolute Gasteiger partial charge is 0.381 e. The van der Waals surface area contributed by atoms with Crippen LogP contribution >= 0.6 is 24.0 Å². The van der Waals surface area contributed by atoms with E-state index < -0.39 is 0 Å². The van der Waals surface area contributed by atoms with E-state index in [-0.39, 0.29) is 24.0 Å². The van der Waals surface area contributed by atoms with Crippen LogP contribution in [0.2, 0.25) is 0 Å². The Morgan fingerprint density at radius 2 is 1.87 bits per heavy atom. The molecule has 0 saturated carbocycles. The number of aliphatic imine (C=N–C) groups is 1. The van der Waals surface area contributed by atoms with Gasteiger partial charge in [-0.3, -0.25) is 4.99 Å². The smallest absolute Gasteiger partial charge is 0.193 e. The summed E-state index contributed by atoms with van der Waals surface area (Å²) in [6, 6.07) is 0.